The van der Waals surface area contributed by atoms with Gasteiger partial charge in [0.1, 0.15) is 28.5 Å². The van der Waals surface area contributed by atoms with E-state index in [9.17, 15) is 20.1 Å². The summed E-state index contributed by atoms with van der Waals surface area (Å²) in [6.07, 6.45) is 0.183. The van der Waals surface area contributed by atoms with Crippen molar-refractivity contribution in [3.8, 4) is 23.3 Å². The van der Waals surface area contributed by atoms with Gasteiger partial charge in [-0.2, -0.15) is 21.9 Å². The van der Waals surface area contributed by atoms with Crippen molar-refractivity contribution in [2.45, 2.75) is 24.8 Å². The summed E-state index contributed by atoms with van der Waals surface area (Å²) in [5, 5.41) is 28.1. The molecular weight excluding hydrogens is 480 g/mol. The van der Waals surface area contributed by atoms with Gasteiger partial charge in [-0.1, -0.05) is 0 Å². The predicted octanol–water partition coefficient (Wildman–Crippen LogP) is 3.82. The molecule has 3 N–H and O–H groups in total. The van der Waals surface area contributed by atoms with Gasteiger partial charge >= 0.3 is 5.97 Å². The Bertz CT molecular complexity index is 1240. The average molecular weight is 499 g/mol. The number of esters is 1. The molecule has 0 aliphatic carbocycles. The summed E-state index contributed by atoms with van der Waals surface area (Å²) in [6, 6.07) is 5.97. The van der Waals surface area contributed by atoms with Gasteiger partial charge in [-0.05, 0) is 29.3 Å². The van der Waals surface area contributed by atoms with E-state index >= 15 is 0 Å². The largest absolute Gasteiger partial charge is 0.466 e. The molecular formula is C21H18N6O3S3. The highest BCUT2D eigenvalue weighted by Gasteiger charge is 2.21. The lowest BCUT2D eigenvalue weighted by Crippen LogP contribution is -2.13. The Labute approximate surface area is 202 Å². The number of hydrogen-bond acceptors (Lipinski definition) is 11. The van der Waals surface area contributed by atoms with E-state index in [1.807, 2.05) is 22.9 Å². The van der Waals surface area contributed by atoms with Gasteiger partial charge in [0.2, 0.25) is 5.91 Å². The molecule has 9 nitrogen and oxygen atoms in total. The molecule has 3 rings (SSSR count). The lowest BCUT2D eigenvalue weighted by molar-refractivity contribution is -0.142. The van der Waals surface area contributed by atoms with Gasteiger partial charge in [0.05, 0.1) is 24.3 Å². The number of nitrogens with one attached hydrogen (secondary N) is 1. The van der Waals surface area contributed by atoms with Gasteiger partial charge in [-0.3, -0.25) is 9.59 Å². The summed E-state index contributed by atoms with van der Waals surface area (Å²) < 4.78 is 4.89. The summed E-state index contributed by atoms with van der Waals surface area (Å²) in [5.41, 5.74) is 8.11. The molecule has 33 heavy (non-hydrogen) atoms. The van der Waals surface area contributed by atoms with E-state index < -0.39 is 0 Å². The fourth-order valence-electron chi connectivity index (χ4n) is 2.83. The van der Waals surface area contributed by atoms with Crippen molar-refractivity contribution in [2.75, 3.05) is 23.4 Å². The van der Waals surface area contributed by atoms with Crippen molar-refractivity contribution in [3.05, 3.63) is 39.0 Å². The number of nitriles is 2. The number of nitrogens with two attached hydrogens (primary N) is 1. The van der Waals surface area contributed by atoms with E-state index in [0.717, 1.165) is 5.56 Å². The van der Waals surface area contributed by atoms with E-state index in [-0.39, 0.29) is 41.7 Å². The molecule has 3 heterocycles. The predicted molar refractivity (Wildman–Crippen MR) is 128 cm³/mol. The van der Waals surface area contributed by atoms with Crippen molar-refractivity contribution in [1.82, 2.24) is 9.97 Å². The first-order valence-corrected chi connectivity index (χ1v) is 12.5. The number of pyridine rings is 1. The van der Waals surface area contributed by atoms with Crippen molar-refractivity contribution in [2.24, 2.45) is 0 Å². The minimum absolute atomic E-state index is 0.0431. The monoisotopic (exact) mass is 498 g/mol. The molecule has 0 atom stereocenters. The first-order chi connectivity index (χ1) is 16.0. The second-order valence-corrected chi connectivity index (χ2v) is 9.16. The van der Waals surface area contributed by atoms with Crippen LogP contribution >= 0.6 is 34.4 Å². The zero-order valence-corrected chi connectivity index (χ0v) is 19.9. The number of ether oxygens (including phenoxy) is 1. The molecule has 0 spiro atoms. The number of rotatable bonds is 9. The van der Waals surface area contributed by atoms with Crippen LogP contribution in [0.15, 0.2) is 27.2 Å². The molecule has 12 heteroatoms. The maximum atomic E-state index is 12.3. The summed E-state index contributed by atoms with van der Waals surface area (Å²) in [4.78, 5) is 32.3. The molecule has 1 amide bonds. The standard InChI is InChI=1S/C21H18N6O3S3/c1-2-30-17(29)7-13-11-33-21(25-13)26-16(28)4-6-32-20-15(9-23)18(12-3-5-31-10-12)14(8-22)19(24)27-20/h3,5,10-11H,2,4,6-7H2,1H3,(H2,24,27)(H,25,26,28). The second-order valence-electron chi connectivity index (χ2n) is 6.44. The minimum atomic E-state index is -0.374. The number of aromatic nitrogens is 2. The summed E-state index contributed by atoms with van der Waals surface area (Å²) in [6.45, 7) is 2.03. The van der Waals surface area contributed by atoms with Crippen LogP contribution in [-0.2, 0) is 20.7 Å². The van der Waals surface area contributed by atoms with Gasteiger partial charge in [0, 0.05) is 23.1 Å². The Morgan fingerprint density at radius 3 is 2.70 bits per heavy atom. The number of carbonyl (C=O) groups is 2. The summed E-state index contributed by atoms with van der Waals surface area (Å²) in [7, 11) is 0. The van der Waals surface area contributed by atoms with Crippen LogP contribution < -0.4 is 11.1 Å². The Morgan fingerprint density at radius 2 is 2.03 bits per heavy atom. The number of amides is 1. The van der Waals surface area contributed by atoms with Crippen molar-refractivity contribution >= 4 is 57.3 Å². The molecule has 0 bridgehead atoms. The summed E-state index contributed by atoms with van der Waals surface area (Å²) >= 11 is 3.88. The number of thioether (sulfide) groups is 1. The topological polar surface area (TPSA) is 155 Å². The molecule has 3 aromatic heterocycles. The molecule has 168 valence electrons. The fraction of sp³-hybridized carbons (Fsp3) is 0.238. The first-order valence-electron chi connectivity index (χ1n) is 9.65. The molecule has 0 saturated carbocycles. The average Bonchev–Trinajstić information content (AvgIpc) is 3.46. The fourth-order valence-corrected chi connectivity index (χ4v) is 5.13. The molecule has 3 aromatic rings. The second kappa shape index (κ2) is 11.4. The number of carbonyl (C=O) groups excluding carboxylic acids is 2. The zero-order chi connectivity index (χ0) is 23.8. The van der Waals surface area contributed by atoms with Crippen molar-refractivity contribution in [1.29, 1.82) is 10.5 Å². The number of thiazole rings is 1. The van der Waals surface area contributed by atoms with E-state index in [1.165, 1.54) is 34.4 Å². The molecule has 0 unspecified atom stereocenters. The third-order valence-electron chi connectivity index (χ3n) is 4.22. The van der Waals surface area contributed by atoms with Crippen LogP contribution in [-0.4, -0.2) is 34.2 Å². The van der Waals surface area contributed by atoms with Crippen LogP contribution in [0.25, 0.3) is 11.1 Å². The van der Waals surface area contributed by atoms with Gasteiger partial charge in [0.15, 0.2) is 5.13 Å². The molecule has 0 aliphatic heterocycles. The Kier molecular flexibility index (Phi) is 8.38. The highest BCUT2D eigenvalue weighted by molar-refractivity contribution is 7.99. The molecule has 0 fully saturated rings. The minimum Gasteiger partial charge on any atom is -0.466 e. The first kappa shape index (κ1) is 24.2. The van der Waals surface area contributed by atoms with Gasteiger partial charge in [0.25, 0.3) is 0 Å². The number of nitrogens with zero attached hydrogens (tertiary/aromatic N) is 4. The Hall–Kier alpha value is -3.45. The van der Waals surface area contributed by atoms with E-state index in [2.05, 4.69) is 21.4 Å². The highest BCUT2D eigenvalue weighted by Crippen LogP contribution is 2.36. The molecule has 0 radical (unpaired) electrons. The maximum Gasteiger partial charge on any atom is 0.311 e. The van der Waals surface area contributed by atoms with Crippen molar-refractivity contribution in [3.63, 3.8) is 0 Å². The van der Waals surface area contributed by atoms with Crippen LogP contribution in [0.2, 0.25) is 0 Å². The smallest absolute Gasteiger partial charge is 0.311 e. The molecule has 0 saturated heterocycles. The number of thiophene rings is 1. The summed E-state index contributed by atoms with van der Waals surface area (Å²) in [5.74, 6) is -0.260. The number of nitrogen functional groups attached to an aromatic ring is 1. The van der Waals surface area contributed by atoms with Crippen LogP contribution in [0, 0.1) is 22.7 Å². The lowest BCUT2D eigenvalue weighted by atomic mass is 9.99. The third-order valence-corrected chi connectivity index (χ3v) is 6.69. The highest BCUT2D eigenvalue weighted by atomic mass is 32.2. The number of hydrogen-bond donors (Lipinski definition) is 2. The number of anilines is 2. The Balaban J connectivity index is 1.65. The normalized spacial score (nSPS) is 10.3. The van der Waals surface area contributed by atoms with Crippen LogP contribution in [0.4, 0.5) is 10.9 Å². The van der Waals surface area contributed by atoms with Gasteiger partial charge in [-0.15, -0.1) is 23.1 Å². The lowest BCUT2D eigenvalue weighted by Gasteiger charge is -2.11. The van der Waals surface area contributed by atoms with Crippen LogP contribution in [0.3, 0.4) is 0 Å². The van der Waals surface area contributed by atoms with Crippen LogP contribution in [0.1, 0.15) is 30.2 Å². The molecule has 0 aromatic carbocycles. The SMILES string of the molecule is CCOC(=O)Cc1csc(NC(=O)CCSc2nc(N)c(C#N)c(-c3ccsc3)c2C#N)n1. The van der Waals surface area contributed by atoms with Crippen LogP contribution in [0.5, 0.6) is 0 Å². The van der Waals surface area contributed by atoms with E-state index in [4.69, 9.17) is 10.5 Å². The van der Waals surface area contributed by atoms with Gasteiger partial charge < -0.3 is 15.8 Å². The van der Waals surface area contributed by atoms with E-state index in [1.54, 1.807) is 12.3 Å². The van der Waals surface area contributed by atoms with Gasteiger partial charge in [-0.25, -0.2) is 9.97 Å². The molecule has 0 aliphatic rings. The third kappa shape index (κ3) is 6.08. The van der Waals surface area contributed by atoms with Crippen molar-refractivity contribution < 1.29 is 14.3 Å². The maximum absolute atomic E-state index is 12.3. The quantitative estimate of drug-likeness (QED) is 0.331. The van der Waals surface area contributed by atoms with E-state index in [0.29, 0.717) is 33.8 Å². The Morgan fingerprint density at radius 1 is 1.24 bits per heavy atom. The zero-order valence-electron chi connectivity index (χ0n) is 17.5.